The molecule has 0 bridgehead atoms. The van der Waals surface area contributed by atoms with Crippen LogP contribution in [0, 0.1) is 3.57 Å². The highest BCUT2D eigenvalue weighted by molar-refractivity contribution is 14.1. The number of piperazine rings is 1. The van der Waals surface area contributed by atoms with Gasteiger partial charge in [0, 0.05) is 36.3 Å². The molecule has 0 unspecified atom stereocenters. The normalized spacial score (nSPS) is 16.4. The molecule has 0 aliphatic carbocycles. The highest BCUT2D eigenvalue weighted by Gasteiger charge is 2.23. The number of nitrogens with two attached hydrogens (primary N) is 1. The predicted molar refractivity (Wildman–Crippen MR) is 88.3 cm³/mol. The minimum absolute atomic E-state index is 0.111. The first-order chi connectivity index (χ1) is 9.08. The summed E-state index contributed by atoms with van der Waals surface area (Å²) in [5.41, 5.74) is 6.32. The summed E-state index contributed by atoms with van der Waals surface area (Å²) in [5, 5.41) is 0. The van der Waals surface area contributed by atoms with Crippen LogP contribution in [0.5, 0.6) is 0 Å². The summed E-state index contributed by atoms with van der Waals surface area (Å²) in [6, 6.07) is 7.68. The molecule has 102 valence electrons. The van der Waals surface area contributed by atoms with E-state index < -0.39 is 0 Å². The van der Waals surface area contributed by atoms with Crippen molar-refractivity contribution in [3.05, 3.63) is 33.4 Å². The van der Waals surface area contributed by atoms with Crippen LogP contribution in [-0.2, 0) is 0 Å². The number of hydrogen-bond donors (Lipinski definition) is 1. The molecule has 1 aromatic rings. The van der Waals surface area contributed by atoms with Crippen molar-refractivity contribution in [2.75, 3.05) is 32.7 Å². The Bertz CT molecular complexity index is 487. The molecule has 1 aromatic carbocycles. The van der Waals surface area contributed by atoms with Gasteiger partial charge in [0.05, 0.1) is 10.6 Å². The van der Waals surface area contributed by atoms with Crippen molar-refractivity contribution >= 4 is 45.7 Å². The SMILES string of the molecule is NC(=S)CN1CCN(C(=O)c2ccccc2I)CC1. The van der Waals surface area contributed by atoms with Crippen LogP contribution < -0.4 is 5.73 Å². The van der Waals surface area contributed by atoms with Crippen molar-refractivity contribution in [2.45, 2.75) is 0 Å². The molecule has 0 saturated carbocycles. The molecule has 1 heterocycles. The van der Waals surface area contributed by atoms with Gasteiger partial charge in [-0.2, -0.15) is 0 Å². The maximum Gasteiger partial charge on any atom is 0.255 e. The molecule has 1 aliphatic rings. The van der Waals surface area contributed by atoms with Crippen LogP contribution in [0.15, 0.2) is 24.3 Å². The van der Waals surface area contributed by atoms with E-state index in [1.807, 2.05) is 29.2 Å². The molecule has 0 aromatic heterocycles. The minimum atomic E-state index is 0.111. The van der Waals surface area contributed by atoms with Crippen LogP contribution in [0.2, 0.25) is 0 Å². The summed E-state index contributed by atoms with van der Waals surface area (Å²) in [6.07, 6.45) is 0. The van der Waals surface area contributed by atoms with E-state index in [0.717, 1.165) is 35.3 Å². The molecule has 1 amide bonds. The Morgan fingerprint density at radius 2 is 1.89 bits per heavy atom. The van der Waals surface area contributed by atoms with E-state index in [0.29, 0.717) is 11.5 Å². The number of benzene rings is 1. The summed E-state index contributed by atoms with van der Waals surface area (Å²) in [4.78, 5) is 17.0. The second kappa shape index (κ2) is 6.62. The molecule has 0 spiro atoms. The van der Waals surface area contributed by atoms with Crippen LogP contribution >= 0.6 is 34.8 Å². The van der Waals surface area contributed by atoms with E-state index in [9.17, 15) is 4.79 Å². The zero-order chi connectivity index (χ0) is 13.8. The molecule has 4 nitrogen and oxygen atoms in total. The van der Waals surface area contributed by atoms with Crippen molar-refractivity contribution in [1.29, 1.82) is 0 Å². The van der Waals surface area contributed by atoms with Gasteiger partial charge in [0.2, 0.25) is 0 Å². The van der Waals surface area contributed by atoms with Crippen molar-refractivity contribution in [3.8, 4) is 0 Å². The number of hydrogen-bond acceptors (Lipinski definition) is 3. The number of halogens is 1. The van der Waals surface area contributed by atoms with E-state index >= 15 is 0 Å². The molecule has 0 atom stereocenters. The lowest BCUT2D eigenvalue weighted by Crippen LogP contribution is -2.50. The average molecular weight is 389 g/mol. The highest BCUT2D eigenvalue weighted by Crippen LogP contribution is 2.15. The molecule has 1 fully saturated rings. The highest BCUT2D eigenvalue weighted by atomic mass is 127. The van der Waals surface area contributed by atoms with E-state index in [4.69, 9.17) is 18.0 Å². The first kappa shape index (κ1) is 14.7. The minimum Gasteiger partial charge on any atom is -0.392 e. The van der Waals surface area contributed by atoms with Gasteiger partial charge in [0.25, 0.3) is 5.91 Å². The predicted octanol–water partition coefficient (Wildman–Crippen LogP) is 1.34. The molecule has 6 heteroatoms. The molecular weight excluding hydrogens is 373 g/mol. The van der Waals surface area contributed by atoms with E-state index in [1.54, 1.807) is 0 Å². The Kier molecular flexibility index (Phi) is 5.12. The van der Waals surface area contributed by atoms with Crippen LogP contribution in [0.25, 0.3) is 0 Å². The molecule has 19 heavy (non-hydrogen) atoms. The summed E-state index contributed by atoms with van der Waals surface area (Å²) in [7, 11) is 0. The third-order valence-electron chi connectivity index (χ3n) is 3.14. The van der Waals surface area contributed by atoms with Gasteiger partial charge >= 0.3 is 0 Å². The molecule has 0 radical (unpaired) electrons. The Hall–Kier alpha value is -0.730. The lowest BCUT2D eigenvalue weighted by Gasteiger charge is -2.34. The summed E-state index contributed by atoms with van der Waals surface area (Å²) >= 11 is 7.11. The van der Waals surface area contributed by atoms with Gasteiger partial charge in [-0.3, -0.25) is 9.69 Å². The molecular formula is C13H16IN3OS. The van der Waals surface area contributed by atoms with Gasteiger partial charge in [-0.1, -0.05) is 24.4 Å². The van der Waals surface area contributed by atoms with Gasteiger partial charge in [0.15, 0.2) is 0 Å². The maximum atomic E-state index is 12.4. The third kappa shape index (κ3) is 3.87. The quantitative estimate of drug-likeness (QED) is 0.626. The monoisotopic (exact) mass is 389 g/mol. The third-order valence-corrected chi connectivity index (χ3v) is 4.21. The second-order valence-corrected chi connectivity index (χ2v) is 6.20. The van der Waals surface area contributed by atoms with Crippen molar-refractivity contribution in [1.82, 2.24) is 9.80 Å². The van der Waals surface area contributed by atoms with Crippen LogP contribution in [0.1, 0.15) is 10.4 Å². The number of carbonyl (C=O) groups is 1. The second-order valence-electron chi connectivity index (χ2n) is 4.51. The standard InChI is InChI=1S/C13H16IN3OS/c14-11-4-2-1-3-10(11)13(18)17-7-5-16(6-8-17)9-12(15)19/h1-4H,5-9H2,(H2,15,19). The lowest BCUT2D eigenvalue weighted by molar-refractivity contribution is 0.0653. The Morgan fingerprint density at radius 3 is 2.47 bits per heavy atom. The van der Waals surface area contributed by atoms with Crippen molar-refractivity contribution < 1.29 is 4.79 Å². The number of thiocarbonyl (C=S) groups is 1. The number of nitrogens with zero attached hydrogens (tertiary/aromatic N) is 2. The molecule has 1 aliphatic heterocycles. The van der Waals surface area contributed by atoms with E-state index in [1.165, 1.54) is 0 Å². The van der Waals surface area contributed by atoms with Crippen molar-refractivity contribution in [2.24, 2.45) is 5.73 Å². The van der Waals surface area contributed by atoms with Gasteiger partial charge in [-0.15, -0.1) is 0 Å². The maximum absolute atomic E-state index is 12.4. The van der Waals surface area contributed by atoms with Crippen molar-refractivity contribution in [3.63, 3.8) is 0 Å². The number of amides is 1. The molecule has 2 N–H and O–H groups in total. The Morgan fingerprint density at radius 1 is 1.26 bits per heavy atom. The number of rotatable bonds is 3. The Balaban J connectivity index is 1.96. The largest absolute Gasteiger partial charge is 0.392 e. The fraction of sp³-hybridized carbons (Fsp3) is 0.385. The van der Waals surface area contributed by atoms with Crippen LogP contribution in [-0.4, -0.2) is 53.4 Å². The van der Waals surface area contributed by atoms with E-state index in [2.05, 4.69) is 27.5 Å². The smallest absolute Gasteiger partial charge is 0.255 e. The number of carbonyl (C=O) groups excluding carboxylic acids is 1. The molecule has 1 saturated heterocycles. The van der Waals surface area contributed by atoms with Gasteiger partial charge in [0.1, 0.15) is 0 Å². The summed E-state index contributed by atoms with van der Waals surface area (Å²) in [5.74, 6) is 0.111. The zero-order valence-electron chi connectivity index (χ0n) is 10.5. The topological polar surface area (TPSA) is 49.6 Å². The fourth-order valence-corrected chi connectivity index (χ4v) is 2.94. The van der Waals surface area contributed by atoms with Gasteiger partial charge < -0.3 is 10.6 Å². The first-order valence-electron chi connectivity index (χ1n) is 6.12. The molecule has 2 rings (SSSR count). The van der Waals surface area contributed by atoms with Crippen LogP contribution in [0.3, 0.4) is 0 Å². The Labute approximate surface area is 132 Å². The average Bonchev–Trinajstić information content (AvgIpc) is 2.39. The van der Waals surface area contributed by atoms with Crippen LogP contribution in [0.4, 0.5) is 0 Å². The van der Waals surface area contributed by atoms with Gasteiger partial charge in [-0.05, 0) is 34.7 Å². The van der Waals surface area contributed by atoms with Gasteiger partial charge in [-0.25, -0.2) is 0 Å². The van der Waals surface area contributed by atoms with E-state index in [-0.39, 0.29) is 5.91 Å². The zero-order valence-corrected chi connectivity index (χ0v) is 13.5. The summed E-state index contributed by atoms with van der Waals surface area (Å²) < 4.78 is 0.996. The first-order valence-corrected chi connectivity index (χ1v) is 7.61. The summed E-state index contributed by atoms with van der Waals surface area (Å²) in [6.45, 7) is 3.75. The fourth-order valence-electron chi connectivity index (χ4n) is 2.13. The lowest BCUT2D eigenvalue weighted by atomic mass is 10.2.